The number of nitrogens with one attached hydrogen (secondary N) is 3. The quantitative estimate of drug-likeness (QED) is 0.294. The molecule has 1 saturated carbocycles. The first kappa shape index (κ1) is 23.4. The highest BCUT2D eigenvalue weighted by Gasteiger charge is 2.56. The van der Waals surface area contributed by atoms with E-state index >= 15 is 0 Å². The molecule has 0 radical (unpaired) electrons. The minimum Gasteiger partial charge on any atom is -0.394 e. The SMILES string of the molecule is N=Cc1c(NCc2ccccc2F)ccn(-c2cc(NC3(CO)CC(F)(F)C3)ncc2F)c1=O. The van der Waals surface area contributed by atoms with E-state index in [0.717, 1.165) is 17.0 Å². The number of alkyl halides is 2. The zero-order valence-electron chi connectivity index (χ0n) is 17.8. The van der Waals surface area contributed by atoms with Gasteiger partial charge in [0.25, 0.3) is 11.5 Å². The molecule has 0 bridgehead atoms. The van der Waals surface area contributed by atoms with Gasteiger partial charge in [-0.25, -0.2) is 22.5 Å². The van der Waals surface area contributed by atoms with Gasteiger partial charge >= 0.3 is 0 Å². The molecule has 0 amide bonds. The minimum atomic E-state index is -2.92. The van der Waals surface area contributed by atoms with Crippen LogP contribution in [0.2, 0.25) is 0 Å². The maximum absolute atomic E-state index is 14.6. The number of pyridine rings is 2. The van der Waals surface area contributed by atoms with Gasteiger partial charge in [-0.05, 0) is 12.1 Å². The van der Waals surface area contributed by atoms with Crippen LogP contribution in [0, 0.1) is 17.0 Å². The third-order valence-electron chi connectivity index (χ3n) is 5.69. The number of aromatic nitrogens is 2. The van der Waals surface area contributed by atoms with E-state index in [-0.39, 0.29) is 29.3 Å². The largest absolute Gasteiger partial charge is 0.394 e. The number of aliphatic hydroxyl groups is 1. The van der Waals surface area contributed by atoms with Crippen LogP contribution in [0.15, 0.2) is 53.6 Å². The van der Waals surface area contributed by atoms with Gasteiger partial charge in [0.05, 0.1) is 35.3 Å². The molecule has 1 aliphatic carbocycles. The summed E-state index contributed by atoms with van der Waals surface area (Å²) in [5, 5.41) is 22.8. The summed E-state index contributed by atoms with van der Waals surface area (Å²) < 4.78 is 56.2. The Morgan fingerprint density at radius 2 is 1.91 bits per heavy atom. The topological polar surface area (TPSA) is 103 Å². The van der Waals surface area contributed by atoms with Crippen LogP contribution in [0.25, 0.3) is 5.69 Å². The number of halogens is 4. The molecular weight excluding hydrogens is 454 g/mol. The lowest BCUT2D eigenvalue weighted by Crippen LogP contribution is -2.59. The standard InChI is InChI=1S/C23H21F4N5O2/c24-16-4-2-1-3-14(16)9-29-18-5-6-32(21(34)15(18)8-28)19-7-20(30-10-17(19)25)31-22(13-33)11-23(26,27)12-22/h1-8,10,28-29,33H,9,11-13H2,(H,30,31). The van der Waals surface area contributed by atoms with Crippen molar-refractivity contribution in [3.05, 3.63) is 81.9 Å². The van der Waals surface area contributed by atoms with Gasteiger partial charge in [-0.2, -0.15) is 0 Å². The Labute approximate surface area is 191 Å². The molecule has 0 saturated heterocycles. The molecule has 34 heavy (non-hydrogen) atoms. The van der Waals surface area contributed by atoms with E-state index in [1.807, 2.05) is 0 Å². The number of hydrogen-bond donors (Lipinski definition) is 4. The maximum atomic E-state index is 14.6. The summed E-state index contributed by atoms with van der Waals surface area (Å²) in [5.74, 6) is -4.19. The van der Waals surface area contributed by atoms with Crippen molar-refractivity contribution in [2.75, 3.05) is 17.2 Å². The van der Waals surface area contributed by atoms with Crippen molar-refractivity contribution >= 4 is 17.7 Å². The molecule has 2 heterocycles. The zero-order chi connectivity index (χ0) is 24.5. The molecule has 1 fully saturated rings. The van der Waals surface area contributed by atoms with E-state index in [9.17, 15) is 27.5 Å². The molecule has 0 unspecified atom stereocenters. The van der Waals surface area contributed by atoms with Gasteiger partial charge in [0.1, 0.15) is 11.6 Å². The van der Waals surface area contributed by atoms with Crippen LogP contribution in [0.1, 0.15) is 24.0 Å². The number of rotatable bonds is 8. The van der Waals surface area contributed by atoms with Crippen LogP contribution in [0.5, 0.6) is 0 Å². The molecule has 4 N–H and O–H groups in total. The first-order chi connectivity index (χ1) is 16.2. The minimum absolute atomic E-state index is 0.00556. The fourth-order valence-corrected chi connectivity index (χ4v) is 4.00. The van der Waals surface area contributed by atoms with Crippen LogP contribution in [0.3, 0.4) is 0 Å². The predicted octanol–water partition coefficient (Wildman–Crippen LogP) is 3.69. The highest BCUT2D eigenvalue weighted by atomic mass is 19.3. The number of hydrogen-bond acceptors (Lipinski definition) is 6. The van der Waals surface area contributed by atoms with Gasteiger partial charge in [-0.1, -0.05) is 18.2 Å². The Hall–Kier alpha value is -3.73. The first-order valence-corrected chi connectivity index (χ1v) is 10.3. The Kier molecular flexibility index (Phi) is 6.13. The van der Waals surface area contributed by atoms with Crippen LogP contribution in [-0.2, 0) is 6.54 Å². The van der Waals surface area contributed by atoms with Gasteiger partial charge in [0.15, 0.2) is 5.82 Å². The first-order valence-electron chi connectivity index (χ1n) is 10.3. The monoisotopic (exact) mass is 475 g/mol. The third-order valence-corrected chi connectivity index (χ3v) is 5.69. The normalized spacial score (nSPS) is 15.9. The predicted molar refractivity (Wildman–Crippen MR) is 119 cm³/mol. The summed E-state index contributed by atoms with van der Waals surface area (Å²) >= 11 is 0. The lowest BCUT2D eigenvalue weighted by molar-refractivity contribution is -0.126. The average Bonchev–Trinajstić information content (AvgIpc) is 2.78. The second kappa shape index (κ2) is 8.90. The van der Waals surface area contributed by atoms with E-state index in [1.165, 1.54) is 24.4 Å². The van der Waals surface area contributed by atoms with E-state index in [2.05, 4.69) is 15.6 Å². The summed E-state index contributed by atoms with van der Waals surface area (Å²) in [5.41, 5.74) is -1.71. The highest BCUT2D eigenvalue weighted by Crippen LogP contribution is 2.47. The molecule has 4 rings (SSSR count). The smallest absolute Gasteiger partial charge is 0.266 e. The maximum Gasteiger partial charge on any atom is 0.266 e. The average molecular weight is 475 g/mol. The number of nitrogens with zero attached hydrogens (tertiary/aromatic N) is 2. The summed E-state index contributed by atoms with van der Waals surface area (Å²) in [6.07, 6.45) is 1.70. The number of aliphatic hydroxyl groups excluding tert-OH is 1. The van der Waals surface area contributed by atoms with E-state index in [0.29, 0.717) is 5.56 Å². The van der Waals surface area contributed by atoms with Crippen LogP contribution >= 0.6 is 0 Å². The van der Waals surface area contributed by atoms with Crippen molar-refractivity contribution in [2.45, 2.75) is 30.8 Å². The second-order valence-electron chi connectivity index (χ2n) is 8.20. The number of benzene rings is 1. The Morgan fingerprint density at radius 1 is 1.18 bits per heavy atom. The molecule has 0 atom stereocenters. The van der Waals surface area contributed by atoms with Gasteiger partial charge in [-0.3, -0.25) is 9.36 Å². The summed E-state index contributed by atoms with van der Waals surface area (Å²) in [4.78, 5) is 16.8. The fraction of sp³-hybridized carbons (Fsp3) is 0.261. The van der Waals surface area contributed by atoms with Crippen molar-refractivity contribution in [1.82, 2.24) is 9.55 Å². The fourth-order valence-electron chi connectivity index (χ4n) is 4.00. The molecule has 7 nitrogen and oxygen atoms in total. The molecular formula is C23H21F4N5O2. The summed E-state index contributed by atoms with van der Waals surface area (Å²) in [6, 6.07) is 8.71. The van der Waals surface area contributed by atoms with Gasteiger partial charge in [-0.15, -0.1) is 0 Å². The van der Waals surface area contributed by atoms with Gasteiger partial charge in [0, 0.05) is 43.4 Å². The van der Waals surface area contributed by atoms with Crippen LogP contribution < -0.4 is 16.2 Å². The van der Waals surface area contributed by atoms with E-state index in [1.54, 1.807) is 18.2 Å². The molecule has 1 aliphatic rings. The molecule has 2 aromatic heterocycles. The lowest BCUT2D eigenvalue weighted by Gasteiger charge is -2.46. The van der Waals surface area contributed by atoms with Crippen molar-refractivity contribution < 1.29 is 22.7 Å². The van der Waals surface area contributed by atoms with Crippen molar-refractivity contribution in [1.29, 1.82) is 5.41 Å². The third kappa shape index (κ3) is 4.51. The summed E-state index contributed by atoms with van der Waals surface area (Å²) in [6.45, 7) is -0.514. The molecule has 1 aromatic carbocycles. The van der Waals surface area contributed by atoms with Gasteiger partial charge < -0.3 is 21.1 Å². The highest BCUT2D eigenvalue weighted by molar-refractivity contribution is 5.85. The second-order valence-corrected chi connectivity index (χ2v) is 8.20. The molecule has 11 heteroatoms. The van der Waals surface area contributed by atoms with Crippen molar-refractivity contribution in [3.8, 4) is 5.69 Å². The summed E-state index contributed by atoms with van der Waals surface area (Å²) in [7, 11) is 0. The van der Waals surface area contributed by atoms with E-state index < -0.39 is 48.1 Å². The lowest BCUT2D eigenvalue weighted by atomic mass is 9.74. The molecule has 0 spiro atoms. The molecule has 178 valence electrons. The Balaban J connectivity index is 1.63. The number of anilines is 2. The Bertz CT molecular complexity index is 1290. The van der Waals surface area contributed by atoms with E-state index in [4.69, 9.17) is 5.41 Å². The molecule has 3 aromatic rings. The van der Waals surface area contributed by atoms with Gasteiger partial charge in [0.2, 0.25) is 0 Å². The zero-order valence-corrected chi connectivity index (χ0v) is 17.8. The molecule has 0 aliphatic heterocycles. The Morgan fingerprint density at radius 3 is 2.56 bits per heavy atom. The van der Waals surface area contributed by atoms with Crippen molar-refractivity contribution in [3.63, 3.8) is 0 Å². The van der Waals surface area contributed by atoms with Crippen LogP contribution in [-0.4, -0.2) is 38.9 Å². The van der Waals surface area contributed by atoms with Crippen molar-refractivity contribution in [2.24, 2.45) is 0 Å². The van der Waals surface area contributed by atoms with Crippen LogP contribution in [0.4, 0.5) is 29.1 Å².